The van der Waals surface area contributed by atoms with Crippen LogP contribution in [0.2, 0.25) is 0 Å². The Labute approximate surface area is 136 Å². The number of hydrogen-bond donors (Lipinski definition) is 1. The second-order valence-electron chi connectivity index (χ2n) is 5.96. The van der Waals surface area contributed by atoms with E-state index in [1.54, 1.807) is 6.20 Å². The summed E-state index contributed by atoms with van der Waals surface area (Å²) in [5, 5.41) is 3.03. The molecule has 1 aromatic heterocycles. The van der Waals surface area contributed by atoms with E-state index in [4.69, 9.17) is 4.74 Å². The van der Waals surface area contributed by atoms with Gasteiger partial charge in [0.15, 0.2) is 0 Å². The van der Waals surface area contributed by atoms with E-state index in [0.717, 1.165) is 24.1 Å². The summed E-state index contributed by atoms with van der Waals surface area (Å²) < 4.78 is 5.45. The van der Waals surface area contributed by atoms with Crippen molar-refractivity contribution in [2.24, 2.45) is 0 Å². The lowest BCUT2D eigenvalue weighted by Gasteiger charge is -2.19. The number of carbonyl (C=O) groups excluding carboxylic acids is 1. The van der Waals surface area contributed by atoms with Crippen molar-refractivity contribution < 1.29 is 9.53 Å². The van der Waals surface area contributed by atoms with E-state index in [1.807, 2.05) is 18.2 Å². The summed E-state index contributed by atoms with van der Waals surface area (Å²) in [4.78, 5) is 16.7. The minimum atomic E-state index is -0.294. The van der Waals surface area contributed by atoms with Gasteiger partial charge in [0.05, 0.1) is 0 Å². The van der Waals surface area contributed by atoms with Gasteiger partial charge in [0.1, 0.15) is 6.10 Å². The molecule has 2 aromatic rings. The zero-order valence-electron chi connectivity index (χ0n) is 13.4. The van der Waals surface area contributed by atoms with Gasteiger partial charge in [-0.25, -0.2) is 0 Å². The van der Waals surface area contributed by atoms with E-state index < -0.39 is 0 Å². The molecular weight excluding hydrogens is 288 g/mol. The Bertz CT molecular complexity index is 634. The maximum Gasteiger partial charge on any atom is 0.249 e. The molecule has 0 bridgehead atoms. The Morgan fingerprint density at radius 1 is 1.30 bits per heavy atom. The van der Waals surface area contributed by atoms with Gasteiger partial charge in [-0.1, -0.05) is 35.9 Å². The minimum absolute atomic E-state index is 0.0180. The molecule has 1 aromatic carbocycles. The minimum Gasteiger partial charge on any atom is -0.368 e. The SMILES string of the molecule is Cc1ccc(C(CNC(=O)C2CCCO2)c2ccccn2)cc1. The first-order valence-corrected chi connectivity index (χ1v) is 8.11. The predicted octanol–water partition coefficient (Wildman–Crippen LogP) is 2.82. The van der Waals surface area contributed by atoms with E-state index in [9.17, 15) is 4.79 Å². The number of nitrogens with zero attached hydrogens (tertiary/aromatic N) is 1. The number of nitrogens with one attached hydrogen (secondary N) is 1. The average molecular weight is 310 g/mol. The van der Waals surface area contributed by atoms with Crippen LogP contribution in [0.3, 0.4) is 0 Å². The van der Waals surface area contributed by atoms with Crippen molar-refractivity contribution in [3.8, 4) is 0 Å². The fourth-order valence-corrected chi connectivity index (χ4v) is 2.87. The average Bonchev–Trinajstić information content (AvgIpc) is 3.12. The van der Waals surface area contributed by atoms with Crippen molar-refractivity contribution in [1.82, 2.24) is 10.3 Å². The van der Waals surface area contributed by atoms with E-state index >= 15 is 0 Å². The molecule has 1 aliphatic rings. The van der Waals surface area contributed by atoms with E-state index in [0.29, 0.717) is 13.2 Å². The highest BCUT2D eigenvalue weighted by molar-refractivity contribution is 5.81. The lowest BCUT2D eigenvalue weighted by atomic mass is 9.94. The summed E-state index contributed by atoms with van der Waals surface area (Å²) in [7, 11) is 0. The van der Waals surface area contributed by atoms with Gasteiger partial charge in [-0.3, -0.25) is 9.78 Å². The summed E-state index contributed by atoms with van der Waals surface area (Å²) >= 11 is 0. The first-order valence-electron chi connectivity index (χ1n) is 8.11. The molecule has 23 heavy (non-hydrogen) atoms. The second kappa shape index (κ2) is 7.38. The molecule has 4 nitrogen and oxygen atoms in total. The zero-order valence-corrected chi connectivity index (χ0v) is 13.4. The Hall–Kier alpha value is -2.20. The molecule has 0 spiro atoms. The molecule has 2 atom stereocenters. The molecule has 4 heteroatoms. The van der Waals surface area contributed by atoms with Crippen molar-refractivity contribution in [1.29, 1.82) is 0 Å². The second-order valence-corrected chi connectivity index (χ2v) is 5.96. The molecule has 3 rings (SSSR count). The third-order valence-corrected chi connectivity index (χ3v) is 4.23. The zero-order chi connectivity index (χ0) is 16.1. The van der Waals surface area contributed by atoms with Crippen LogP contribution >= 0.6 is 0 Å². The number of aryl methyl sites for hydroxylation is 1. The number of amides is 1. The molecule has 1 N–H and O–H groups in total. The van der Waals surface area contributed by atoms with Crippen molar-refractivity contribution in [3.05, 3.63) is 65.5 Å². The van der Waals surface area contributed by atoms with Crippen LogP contribution in [0, 0.1) is 6.92 Å². The van der Waals surface area contributed by atoms with Crippen LogP contribution < -0.4 is 5.32 Å². The van der Waals surface area contributed by atoms with Crippen LogP contribution in [0.4, 0.5) is 0 Å². The molecule has 2 heterocycles. The molecule has 1 saturated heterocycles. The highest BCUT2D eigenvalue weighted by Gasteiger charge is 2.25. The number of ether oxygens (including phenoxy) is 1. The Balaban J connectivity index is 1.75. The maximum atomic E-state index is 12.2. The molecule has 1 fully saturated rings. The van der Waals surface area contributed by atoms with Crippen LogP contribution in [0.1, 0.15) is 35.6 Å². The van der Waals surface area contributed by atoms with Gasteiger partial charge >= 0.3 is 0 Å². The van der Waals surface area contributed by atoms with Gasteiger partial charge in [-0.15, -0.1) is 0 Å². The van der Waals surface area contributed by atoms with Crippen molar-refractivity contribution in [3.63, 3.8) is 0 Å². The van der Waals surface area contributed by atoms with Gasteiger partial charge in [0, 0.05) is 31.0 Å². The van der Waals surface area contributed by atoms with Crippen LogP contribution in [0.25, 0.3) is 0 Å². The third-order valence-electron chi connectivity index (χ3n) is 4.23. The summed E-state index contributed by atoms with van der Waals surface area (Å²) in [5.41, 5.74) is 3.34. The quantitative estimate of drug-likeness (QED) is 0.924. The van der Waals surface area contributed by atoms with Gasteiger partial charge in [0.2, 0.25) is 5.91 Å². The first-order chi connectivity index (χ1) is 11.2. The molecule has 2 unspecified atom stereocenters. The van der Waals surface area contributed by atoms with E-state index in [-0.39, 0.29) is 17.9 Å². The number of benzene rings is 1. The van der Waals surface area contributed by atoms with Gasteiger partial charge in [-0.2, -0.15) is 0 Å². The lowest BCUT2D eigenvalue weighted by molar-refractivity contribution is -0.130. The monoisotopic (exact) mass is 310 g/mol. The van der Waals surface area contributed by atoms with E-state index in [1.165, 1.54) is 5.56 Å². The smallest absolute Gasteiger partial charge is 0.249 e. The number of aromatic nitrogens is 1. The molecule has 0 saturated carbocycles. The van der Waals surface area contributed by atoms with Crippen LogP contribution in [-0.2, 0) is 9.53 Å². The Morgan fingerprint density at radius 2 is 2.13 bits per heavy atom. The largest absolute Gasteiger partial charge is 0.368 e. The highest BCUT2D eigenvalue weighted by atomic mass is 16.5. The number of carbonyl (C=O) groups is 1. The van der Waals surface area contributed by atoms with Crippen LogP contribution in [0.15, 0.2) is 48.7 Å². The molecule has 120 valence electrons. The summed E-state index contributed by atoms with van der Waals surface area (Å²) in [6.07, 6.45) is 3.26. The van der Waals surface area contributed by atoms with Crippen molar-refractivity contribution in [2.45, 2.75) is 31.8 Å². The number of pyridine rings is 1. The van der Waals surface area contributed by atoms with Crippen molar-refractivity contribution >= 4 is 5.91 Å². The maximum absolute atomic E-state index is 12.2. The summed E-state index contributed by atoms with van der Waals surface area (Å²) in [5.74, 6) is 0.0256. The predicted molar refractivity (Wildman–Crippen MR) is 89.2 cm³/mol. The molecule has 1 aliphatic heterocycles. The fourth-order valence-electron chi connectivity index (χ4n) is 2.87. The van der Waals surface area contributed by atoms with Crippen LogP contribution in [0.5, 0.6) is 0 Å². The topological polar surface area (TPSA) is 51.2 Å². The first kappa shape index (κ1) is 15.7. The van der Waals surface area contributed by atoms with Gasteiger partial charge in [0.25, 0.3) is 0 Å². The normalized spacial score (nSPS) is 18.6. The standard InChI is InChI=1S/C19H22N2O2/c1-14-7-9-15(10-8-14)16(17-5-2-3-11-20-17)13-21-19(22)18-6-4-12-23-18/h2-3,5,7-11,16,18H,4,6,12-13H2,1H3,(H,21,22). The Morgan fingerprint density at radius 3 is 2.78 bits per heavy atom. The number of hydrogen-bond acceptors (Lipinski definition) is 3. The molecule has 0 aliphatic carbocycles. The van der Waals surface area contributed by atoms with Crippen LogP contribution in [-0.4, -0.2) is 30.1 Å². The summed E-state index contributed by atoms with van der Waals surface area (Å²) in [6, 6.07) is 14.3. The van der Waals surface area contributed by atoms with E-state index in [2.05, 4.69) is 41.5 Å². The Kier molecular flexibility index (Phi) is 5.03. The lowest BCUT2D eigenvalue weighted by Crippen LogP contribution is -2.37. The molecule has 0 radical (unpaired) electrons. The van der Waals surface area contributed by atoms with Gasteiger partial charge < -0.3 is 10.1 Å². The van der Waals surface area contributed by atoms with Crippen molar-refractivity contribution in [2.75, 3.05) is 13.2 Å². The molecule has 1 amide bonds. The third kappa shape index (κ3) is 3.96. The molecular formula is C19H22N2O2. The summed E-state index contributed by atoms with van der Waals surface area (Å²) in [6.45, 7) is 3.28. The highest BCUT2D eigenvalue weighted by Crippen LogP contribution is 2.23. The van der Waals surface area contributed by atoms with Gasteiger partial charge in [-0.05, 0) is 37.5 Å². The fraction of sp³-hybridized carbons (Fsp3) is 0.368. The number of rotatable bonds is 5.